The molecule has 0 radical (unpaired) electrons. The standard InChI is InChI=1S/C7H20N4/c1-3-7(9)5-11-10-4-6(2)8/h6-7,10-11H,3-5,8-9H2,1-2H3. The van der Waals surface area contributed by atoms with E-state index in [1.165, 1.54) is 0 Å². The van der Waals surface area contributed by atoms with Crippen molar-refractivity contribution in [3.63, 3.8) is 0 Å². The van der Waals surface area contributed by atoms with Crippen LogP contribution in [0.3, 0.4) is 0 Å². The smallest absolute Gasteiger partial charge is 0.0252 e. The average Bonchev–Trinajstić information content (AvgIpc) is 1.97. The van der Waals surface area contributed by atoms with Crippen molar-refractivity contribution in [1.82, 2.24) is 10.9 Å². The molecule has 4 heteroatoms. The molecule has 0 bridgehead atoms. The summed E-state index contributed by atoms with van der Waals surface area (Å²) >= 11 is 0. The summed E-state index contributed by atoms with van der Waals surface area (Å²) < 4.78 is 0. The fourth-order valence-electron chi connectivity index (χ4n) is 0.581. The lowest BCUT2D eigenvalue weighted by Gasteiger charge is -2.12. The number of rotatable bonds is 6. The molecule has 0 rings (SSSR count). The molecule has 4 nitrogen and oxygen atoms in total. The molecule has 2 atom stereocenters. The van der Waals surface area contributed by atoms with Crippen LogP contribution in [0, 0.1) is 0 Å². The first-order chi connectivity index (χ1) is 5.16. The van der Waals surface area contributed by atoms with Crippen LogP contribution in [0.15, 0.2) is 0 Å². The van der Waals surface area contributed by atoms with E-state index in [0.29, 0.717) is 0 Å². The highest BCUT2D eigenvalue weighted by molar-refractivity contribution is 4.61. The zero-order chi connectivity index (χ0) is 8.69. The molecule has 0 aliphatic heterocycles. The Kier molecular flexibility index (Phi) is 6.45. The second-order valence-electron chi connectivity index (χ2n) is 2.91. The van der Waals surface area contributed by atoms with Crippen molar-refractivity contribution in [2.75, 3.05) is 13.1 Å². The average molecular weight is 160 g/mol. The maximum atomic E-state index is 5.66. The van der Waals surface area contributed by atoms with E-state index in [0.717, 1.165) is 19.5 Å². The molecule has 68 valence electrons. The topological polar surface area (TPSA) is 76.1 Å². The molecule has 0 aromatic carbocycles. The van der Waals surface area contributed by atoms with E-state index in [4.69, 9.17) is 11.5 Å². The van der Waals surface area contributed by atoms with Crippen molar-refractivity contribution in [1.29, 1.82) is 0 Å². The Labute approximate surface area is 68.7 Å². The Hall–Kier alpha value is -0.160. The predicted octanol–water partition coefficient (Wildman–Crippen LogP) is -0.835. The molecule has 0 heterocycles. The summed E-state index contributed by atoms with van der Waals surface area (Å²) in [6.45, 7) is 5.59. The first-order valence-electron chi connectivity index (χ1n) is 4.13. The van der Waals surface area contributed by atoms with Gasteiger partial charge in [-0.1, -0.05) is 6.92 Å². The van der Waals surface area contributed by atoms with Gasteiger partial charge in [0.2, 0.25) is 0 Å². The summed E-state index contributed by atoms with van der Waals surface area (Å²) in [6, 6.07) is 0.413. The van der Waals surface area contributed by atoms with Crippen molar-refractivity contribution in [3.05, 3.63) is 0 Å². The third-order valence-electron chi connectivity index (χ3n) is 1.44. The van der Waals surface area contributed by atoms with Crippen molar-refractivity contribution < 1.29 is 0 Å². The number of nitrogens with one attached hydrogen (secondary N) is 2. The minimum absolute atomic E-state index is 0.181. The first kappa shape index (κ1) is 10.8. The first-order valence-corrected chi connectivity index (χ1v) is 4.13. The van der Waals surface area contributed by atoms with E-state index >= 15 is 0 Å². The Morgan fingerprint density at radius 1 is 1.18 bits per heavy atom. The molecular formula is C7H20N4. The van der Waals surface area contributed by atoms with Crippen molar-refractivity contribution in [2.45, 2.75) is 32.4 Å². The summed E-state index contributed by atoms with van der Waals surface area (Å²) in [5, 5.41) is 0. The predicted molar refractivity (Wildman–Crippen MR) is 47.9 cm³/mol. The van der Waals surface area contributed by atoms with Gasteiger partial charge < -0.3 is 11.5 Å². The third-order valence-corrected chi connectivity index (χ3v) is 1.44. The van der Waals surface area contributed by atoms with Gasteiger partial charge in [-0.05, 0) is 13.3 Å². The second kappa shape index (κ2) is 6.54. The minimum Gasteiger partial charge on any atom is -0.327 e. The molecule has 0 spiro atoms. The number of hydrazine groups is 1. The third kappa shape index (κ3) is 7.74. The molecule has 0 aromatic rings. The van der Waals surface area contributed by atoms with E-state index < -0.39 is 0 Å². The van der Waals surface area contributed by atoms with Crippen LogP contribution in [0.4, 0.5) is 0 Å². The van der Waals surface area contributed by atoms with Crippen molar-refractivity contribution in [2.24, 2.45) is 11.5 Å². The van der Waals surface area contributed by atoms with E-state index in [9.17, 15) is 0 Å². The molecule has 0 aliphatic rings. The Balaban J connectivity index is 3.01. The van der Waals surface area contributed by atoms with Crippen LogP contribution >= 0.6 is 0 Å². The van der Waals surface area contributed by atoms with Gasteiger partial charge in [0.15, 0.2) is 0 Å². The summed E-state index contributed by atoms with van der Waals surface area (Å²) in [5.41, 5.74) is 17.2. The van der Waals surface area contributed by atoms with Gasteiger partial charge in [-0.15, -0.1) is 0 Å². The summed E-state index contributed by atoms with van der Waals surface area (Å²) in [7, 11) is 0. The molecule has 0 amide bonds. The van der Waals surface area contributed by atoms with Crippen LogP contribution in [-0.2, 0) is 0 Å². The van der Waals surface area contributed by atoms with Crippen LogP contribution < -0.4 is 22.3 Å². The maximum absolute atomic E-state index is 5.66. The highest BCUT2D eigenvalue weighted by Gasteiger charge is 1.97. The highest BCUT2D eigenvalue weighted by atomic mass is 15.4. The molecule has 0 saturated carbocycles. The monoisotopic (exact) mass is 160 g/mol. The Bertz CT molecular complexity index is 84.5. The van der Waals surface area contributed by atoms with E-state index in [1.54, 1.807) is 0 Å². The quantitative estimate of drug-likeness (QED) is 0.302. The Morgan fingerprint density at radius 3 is 2.18 bits per heavy atom. The fourth-order valence-corrected chi connectivity index (χ4v) is 0.581. The van der Waals surface area contributed by atoms with Crippen LogP contribution in [0.2, 0.25) is 0 Å². The van der Waals surface area contributed by atoms with Gasteiger partial charge in [0.25, 0.3) is 0 Å². The SMILES string of the molecule is CCC(N)CNNCC(C)N. The molecule has 0 aliphatic carbocycles. The molecule has 0 saturated heterocycles. The lowest BCUT2D eigenvalue weighted by molar-refractivity contribution is 0.464. The van der Waals surface area contributed by atoms with E-state index in [1.807, 2.05) is 6.92 Å². The molecule has 0 fully saturated rings. The Morgan fingerprint density at radius 2 is 1.73 bits per heavy atom. The minimum atomic E-state index is 0.181. The van der Waals surface area contributed by atoms with Gasteiger partial charge in [-0.25, -0.2) is 0 Å². The zero-order valence-electron chi connectivity index (χ0n) is 7.43. The normalized spacial score (nSPS) is 16.4. The van der Waals surface area contributed by atoms with Gasteiger partial charge >= 0.3 is 0 Å². The summed E-state index contributed by atoms with van der Waals surface area (Å²) in [5.74, 6) is 0. The van der Waals surface area contributed by atoms with Gasteiger partial charge in [-0.3, -0.25) is 10.9 Å². The van der Waals surface area contributed by atoms with E-state index in [2.05, 4.69) is 17.8 Å². The largest absolute Gasteiger partial charge is 0.327 e. The van der Waals surface area contributed by atoms with Gasteiger partial charge in [-0.2, -0.15) is 0 Å². The zero-order valence-corrected chi connectivity index (χ0v) is 7.43. The second-order valence-corrected chi connectivity index (χ2v) is 2.91. The van der Waals surface area contributed by atoms with Crippen molar-refractivity contribution >= 4 is 0 Å². The van der Waals surface area contributed by atoms with Gasteiger partial charge in [0.05, 0.1) is 0 Å². The highest BCUT2D eigenvalue weighted by Crippen LogP contribution is 1.80. The fraction of sp³-hybridized carbons (Fsp3) is 1.00. The van der Waals surface area contributed by atoms with Crippen LogP contribution in [0.5, 0.6) is 0 Å². The van der Waals surface area contributed by atoms with E-state index in [-0.39, 0.29) is 12.1 Å². The molecule has 0 aromatic heterocycles. The van der Waals surface area contributed by atoms with Crippen LogP contribution in [0.1, 0.15) is 20.3 Å². The molecular weight excluding hydrogens is 140 g/mol. The lowest BCUT2D eigenvalue weighted by Crippen LogP contribution is -2.45. The number of hydrogen-bond donors (Lipinski definition) is 4. The maximum Gasteiger partial charge on any atom is 0.0252 e. The van der Waals surface area contributed by atoms with Crippen molar-refractivity contribution in [3.8, 4) is 0 Å². The summed E-state index contributed by atoms with van der Waals surface area (Å²) in [4.78, 5) is 0. The van der Waals surface area contributed by atoms with Gasteiger partial charge in [0, 0.05) is 25.2 Å². The number of nitrogens with two attached hydrogens (primary N) is 2. The number of hydrogen-bond acceptors (Lipinski definition) is 4. The summed E-state index contributed by atoms with van der Waals surface area (Å²) in [6.07, 6.45) is 0.993. The molecule has 6 N–H and O–H groups in total. The van der Waals surface area contributed by atoms with Crippen LogP contribution in [0.25, 0.3) is 0 Å². The molecule has 11 heavy (non-hydrogen) atoms. The van der Waals surface area contributed by atoms with Gasteiger partial charge in [0.1, 0.15) is 0 Å². The van der Waals surface area contributed by atoms with Crippen LogP contribution in [-0.4, -0.2) is 25.2 Å². The molecule has 2 unspecified atom stereocenters. The lowest BCUT2D eigenvalue weighted by atomic mass is 10.2.